The number of alkyl halides is 3. The third kappa shape index (κ3) is 5.07. The Balaban J connectivity index is 1.67. The number of halogens is 3. The lowest BCUT2D eigenvalue weighted by Gasteiger charge is -2.41. The molecule has 0 unspecified atom stereocenters. The van der Waals surface area contributed by atoms with E-state index in [1.807, 2.05) is 6.92 Å². The standard InChI is InChI=1S/C25H24F3NO6/c1-2-15-3-5-17(35-22-6-4-16(29(32)33)11-19(22)25(26,27)28)12-18(15)23-20(30)13-24(14-21(23)31)7-9-34-10-8-24/h3-6,11-12,23H,2,7-10,13-14H2,1H3. The lowest BCUT2D eigenvalue weighted by molar-refractivity contribution is -0.385. The molecular weight excluding hydrogens is 467 g/mol. The highest BCUT2D eigenvalue weighted by Crippen LogP contribution is 2.46. The molecule has 0 N–H and O–H groups in total. The van der Waals surface area contributed by atoms with E-state index in [9.17, 15) is 32.9 Å². The highest BCUT2D eigenvalue weighted by atomic mass is 19.4. The second kappa shape index (κ2) is 9.41. The molecule has 0 aromatic heterocycles. The Morgan fingerprint density at radius 3 is 2.31 bits per heavy atom. The number of aryl methyl sites for hydroxylation is 1. The van der Waals surface area contributed by atoms with Crippen LogP contribution in [-0.4, -0.2) is 29.7 Å². The summed E-state index contributed by atoms with van der Waals surface area (Å²) in [6, 6.07) is 6.75. The third-order valence-electron chi connectivity index (χ3n) is 6.81. The average molecular weight is 491 g/mol. The first kappa shape index (κ1) is 24.8. The van der Waals surface area contributed by atoms with E-state index in [2.05, 4.69) is 0 Å². The summed E-state index contributed by atoms with van der Waals surface area (Å²) in [6.45, 7) is 2.87. The number of benzene rings is 2. The summed E-state index contributed by atoms with van der Waals surface area (Å²) in [7, 11) is 0. The van der Waals surface area contributed by atoms with Gasteiger partial charge in [0.05, 0.1) is 4.92 Å². The zero-order valence-corrected chi connectivity index (χ0v) is 19.0. The molecule has 1 spiro atoms. The Bertz CT molecular complexity index is 1150. The lowest BCUT2D eigenvalue weighted by Crippen LogP contribution is -2.42. The van der Waals surface area contributed by atoms with Gasteiger partial charge in [-0.25, -0.2) is 0 Å². The maximum Gasteiger partial charge on any atom is 0.420 e. The number of nitro benzene ring substituents is 1. The van der Waals surface area contributed by atoms with Crippen molar-refractivity contribution in [3.63, 3.8) is 0 Å². The SMILES string of the molecule is CCc1ccc(Oc2ccc([N+](=O)[O-])cc2C(F)(F)F)cc1C1C(=O)CC2(CCOCC2)CC1=O. The van der Waals surface area contributed by atoms with Gasteiger partial charge in [0.15, 0.2) is 0 Å². The summed E-state index contributed by atoms with van der Waals surface area (Å²) in [5.41, 5.74) is -1.24. The van der Waals surface area contributed by atoms with Gasteiger partial charge >= 0.3 is 6.18 Å². The van der Waals surface area contributed by atoms with Crippen molar-refractivity contribution in [2.45, 2.75) is 51.1 Å². The summed E-state index contributed by atoms with van der Waals surface area (Å²) in [5.74, 6) is -2.02. The van der Waals surface area contributed by atoms with E-state index in [1.165, 1.54) is 12.1 Å². The predicted molar refractivity (Wildman–Crippen MR) is 118 cm³/mol. The van der Waals surface area contributed by atoms with Crippen LogP contribution < -0.4 is 4.74 Å². The van der Waals surface area contributed by atoms with E-state index >= 15 is 0 Å². The van der Waals surface area contributed by atoms with Crippen LogP contribution in [0.15, 0.2) is 36.4 Å². The van der Waals surface area contributed by atoms with Crippen molar-refractivity contribution in [2.24, 2.45) is 5.41 Å². The average Bonchev–Trinajstić information content (AvgIpc) is 2.78. The van der Waals surface area contributed by atoms with Gasteiger partial charge in [0.2, 0.25) is 0 Å². The Hall–Kier alpha value is -3.27. The van der Waals surface area contributed by atoms with Crippen molar-refractivity contribution in [2.75, 3.05) is 13.2 Å². The van der Waals surface area contributed by atoms with Gasteiger partial charge in [0, 0.05) is 38.2 Å². The number of ether oxygens (including phenoxy) is 2. The number of nitrogens with zero attached hydrogens (tertiary/aromatic N) is 1. The molecule has 10 heteroatoms. The smallest absolute Gasteiger partial charge is 0.420 e. The van der Waals surface area contributed by atoms with Gasteiger partial charge in [-0.1, -0.05) is 13.0 Å². The minimum atomic E-state index is -4.89. The van der Waals surface area contributed by atoms with Crippen LogP contribution >= 0.6 is 0 Å². The molecule has 1 saturated heterocycles. The molecule has 186 valence electrons. The molecule has 0 radical (unpaired) electrons. The van der Waals surface area contributed by atoms with Crippen LogP contribution in [-0.2, 0) is 26.9 Å². The second-order valence-electron chi connectivity index (χ2n) is 9.08. The van der Waals surface area contributed by atoms with Crippen molar-refractivity contribution in [1.29, 1.82) is 0 Å². The highest BCUT2D eigenvalue weighted by molar-refractivity contribution is 6.10. The first-order valence-corrected chi connectivity index (χ1v) is 11.3. The molecule has 2 aromatic rings. The molecule has 0 atom stereocenters. The summed E-state index contributed by atoms with van der Waals surface area (Å²) in [4.78, 5) is 36.4. The summed E-state index contributed by atoms with van der Waals surface area (Å²) >= 11 is 0. The van der Waals surface area contributed by atoms with Crippen LogP contribution in [0.25, 0.3) is 0 Å². The number of Topliss-reactive ketones (excluding diaryl/α,β-unsaturated/α-hetero) is 2. The normalized spacial score (nSPS) is 18.6. The minimum absolute atomic E-state index is 0.00325. The van der Waals surface area contributed by atoms with Gasteiger partial charge in [-0.2, -0.15) is 13.2 Å². The lowest BCUT2D eigenvalue weighted by atomic mass is 9.63. The van der Waals surface area contributed by atoms with E-state index < -0.39 is 34.0 Å². The number of hydrogen-bond acceptors (Lipinski definition) is 6. The van der Waals surface area contributed by atoms with Crippen molar-refractivity contribution in [3.05, 3.63) is 63.2 Å². The fraction of sp³-hybridized carbons (Fsp3) is 0.440. The fourth-order valence-electron chi connectivity index (χ4n) is 4.99. The maximum atomic E-state index is 13.6. The van der Waals surface area contributed by atoms with Crippen LogP contribution in [0.3, 0.4) is 0 Å². The van der Waals surface area contributed by atoms with Gasteiger partial charge in [-0.3, -0.25) is 19.7 Å². The van der Waals surface area contributed by atoms with Crippen LogP contribution in [0, 0.1) is 15.5 Å². The zero-order chi connectivity index (χ0) is 25.4. The van der Waals surface area contributed by atoms with Gasteiger partial charge in [-0.15, -0.1) is 0 Å². The first-order valence-electron chi connectivity index (χ1n) is 11.3. The highest BCUT2D eigenvalue weighted by Gasteiger charge is 2.46. The molecule has 7 nitrogen and oxygen atoms in total. The van der Waals surface area contributed by atoms with Gasteiger partial charge in [0.25, 0.3) is 5.69 Å². The molecule has 1 saturated carbocycles. The Labute approximate surface area is 199 Å². The topological polar surface area (TPSA) is 95.7 Å². The molecule has 35 heavy (non-hydrogen) atoms. The molecule has 4 rings (SSSR count). The summed E-state index contributed by atoms with van der Waals surface area (Å²) < 4.78 is 51.6. The maximum absolute atomic E-state index is 13.6. The Morgan fingerprint density at radius 2 is 1.74 bits per heavy atom. The molecule has 0 bridgehead atoms. The molecule has 1 aliphatic heterocycles. The largest absolute Gasteiger partial charge is 0.457 e. The molecule has 1 aliphatic carbocycles. The number of carbonyl (C=O) groups is 2. The van der Waals surface area contributed by atoms with Crippen LogP contribution in [0.1, 0.15) is 55.2 Å². The van der Waals surface area contributed by atoms with Crippen molar-refractivity contribution < 1.29 is 37.2 Å². The number of carbonyl (C=O) groups excluding carboxylic acids is 2. The molecule has 2 aliphatic rings. The number of ketones is 2. The van der Waals surface area contributed by atoms with E-state index in [4.69, 9.17) is 9.47 Å². The van der Waals surface area contributed by atoms with Crippen molar-refractivity contribution >= 4 is 17.3 Å². The van der Waals surface area contributed by atoms with Crippen LogP contribution in [0.2, 0.25) is 0 Å². The zero-order valence-electron chi connectivity index (χ0n) is 19.0. The van der Waals surface area contributed by atoms with E-state index in [0.29, 0.717) is 44.1 Å². The summed E-state index contributed by atoms with van der Waals surface area (Å²) in [6.07, 6.45) is -2.59. The van der Waals surface area contributed by atoms with Gasteiger partial charge in [0.1, 0.15) is 34.5 Å². The fourth-order valence-corrected chi connectivity index (χ4v) is 4.99. The monoisotopic (exact) mass is 491 g/mol. The van der Waals surface area contributed by atoms with E-state index in [0.717, 1.165) is 17.7 Å². The van der Waals surface area contributed by atoms with E-state index in [-0.39, 0.29) is 35.6 Å². The predicted octanol–water partition coefficient (Wildman–Crippen LogP) is 5.78. The first-order chi connectivity index (χ1) is 16.5. The molecule has 2 fully saturated rings. The van der Waals surface area contributed by atoms with Crippen molar-refractivity contribution in [3.8, 4) is 11.5 Å². The summed E-state index contributed by atoms with van der Waals surface area (Å²) in [5, 5.41) is 10.9. The van der Waals surface area contributed by atoms with Crippen LogP contribution in [0.5, 0.6) is 11.5 Å². The third-order valence-corrected chi connectivity index (χ3v) is 6.81. The number of rotatable bonds is 5. The Kier molecular flexibility index (Phi) is 6.68. The second-order valence-corrected chi connectivity index (χ2v) is 9.08. The molecular formula is C25H24F3NO6. The number of non-ortho nitro benzene ring substituents is 1. The number of nitro groups is 1. The number of hydrogen-bond donors (Lipinski definition) is 0. The van der Waals surface area contributed by atoms with E-state index in [1.54, 1.807) is 6.07 Å². The Morgan fingerprint density at radius 1 is 1.09 bits per heavy atom. The van der Waals surface area contributed by atoms with Gasteiger partial charge < -0.3 is 9.47 Å². The van der Waals surface area contributed by atoms with Crippen LogP contribution in [0.4, 0.5) is 18.9 Å². The quantitative estimate of drug-likeness (QED) is 0.299. The van der Waals surface area contributed by atoms with Gasteiger partial charge in [-0.05, 0) is 54.0 Å². The molecule has 2 aromatic carbocycles. The van der Waals surface area contributed by atoms with Crippen molar-refractivity contribution in [1.82, 2.24) is 0 Å². The minimum Gasteiger partial charge on any atom is -0.457 e. The molecule has 0 amide bonds. The molecule has 1 heterocycles.